The van der Waals surface area contributed by atoms with E-state index in [-0.39, 0.29) is 6.04 Å². The molecule has 10 rings (SSSR count). The van der Waals surface area contributed by atoms with E-state index in [1.807, 2.05) is 12.3 Å². The van der Waals surface area contributed by atoms with Gasteiger partial charge in [0.1, 0.15) is 0 Å². The molecule has 0 saturated carbocycles. The van der Waals surface area contributed by atoms with Crippen LogP contribution in [-0.4, -0.2) is 11.2 Å². The number of pyridine rings is 1. The molecule has 2 atom stereocenters. The number of aliphatic imine (C=N–C) groups is 1. The van der Waals surface area contributed by atoms with Gasteiger partial charge in [-0.05, 0) is 139 Å². The molecule has 6 aromatic carbocycles. The van der Waals surface area contributed by atoms with E-state index in [0.717, 1.165) is 42.1 Å². The second-order valence-electron chi connectivity index (χ2n) is 14.4. The summed E-state index contributed by atoms with van der Waals surface area (Å²) in [6.07, 6.45) is 19.8. The van der Waals surface area contributed by atoms with Gasteiger partial charge in [0.2, 0.25) is 0 Å². The normalized spacial score (nSPS) is 17.9. The molecular weight excluding hydrogens is 617 g/mol. The fraction of sp³-hybridized carbons (Fsp3) is 0.143. The molecule has 0 amide bonds. The topological polar surface area (TPSA) is 25.2 Å². The number of aromatic nitrogens is 1. The van der Waals surface area contributed by atoms with E-state index in [4.69, 9.17) is 9.98 Å². The van der Waals surface area contributed by atoms with Crippen molar-refractivity contribution < 1.29 is 0 Å². The maximum Gasteiger partial charge on any atom is 0.0799 e. The molecule has 0 fully saturated rings. The molecule has 2 heterocycles. The van der Waals surface area contributed by atoms with Gasteiger partial charge in [-0.15, -0.1) is 0 Å². The molecule has 2 heteroatoms. The number of nitrogens with zero attached hydrogens (tertiary/aromatic N) is 2. The zero-order chi connectivity index (χ0) is 33.9. The number of rotatable bonds is 4. The minimum atomic E-state index is 0.0715. The number of benzene rings is 6. The number of para-hydroxylation sites is 1. The Morgan fingerprint density at radius 3 is 2.27 bits per heavy atom. The van der Waals surface area contributed by atoms with E-state index in [2.05, 4.69) is 147 Å². The van der Waals surface area contributed by atoms with Crippen molar-refractivity contribution >= 4 is 56.4 Å². The monoisotopic (exact) mass is 654 g/mol. The van der Waals surface area contributed by atoms with Crippen LogP contribution in [0.1, 0.15) is 71.5 Å². The van der Waals surface area contributed by atoms with Crippen LogP contribution in [0.4, 0.5) is 0 Å². The number of aryl methyl sites for hydroxylation is 1. The summed E-state index contributed by atoms with van der Waals surface area (Å²) in [6, 6.07) is 41.0. The fourth-order valence-electron chi connectivity index (χ4n) is 8.63. The summed E-state index contributed by atoms with van der Waals surface area (Å²) in [5, 5.41) is 6.31. The standard InChI is InChI=1S/C49H38N2/c1-31-9-8-13-35-26-38(20-22-41(31)35)49-43-15-6-5-14-42(43)48(37-18-17-32-10-2-3-11-33(32)25-37)44-23-19-34(28-45(44)49)39-21-24-47(50-29-39)40-27-36-12-4-7-16-46(36)51-30-40/h2,4-8,10,12-23,25-31,47H,3,9,11,24H2,1H3. The third-order valence-corrected chi connectivity index (χ3v) is 11.3. The Balaban J connectivity index is 1.15. The molecule has 0 N–H and O–H groups in total. The van der Waals surface area contributed by atoms with Crippen LogP contribution in [0.15, 0.2) is 139 Å². The fourth-order valence-corrected chi connectivity index (χ4v) is 8.63. The summed E-state index contributed by atoms with van der Waals surface area (Å²) in [6.45, 7) is 2.34. The van der Waals surface area contributed by atoms with E-state index in [9.17, 15) is 0 Å². The maximum atomic E-state index is 5.09. The van der Waals surface area contributed by atoms with Crippen LogP contribution in [-0.2, 0) is 6.42 Å². The van der Waals surface area contributed by atoms with Crippen molar-refractivity contribution in [3.63, 3.8) is 0 Å². The van der Waals surface area contributed by atoms with E-state index >= 15 is 0 Å². The summed E-state index contributed by atoms with van der Waals surface area (Å²) in [5.74, 6) is 0.534. The lowest BCUT2D eigenvalue weighted by molar-refractivity contribution is 0.740. The number of dihydropyridines is 1. The van der Waals surface area contributed by atoms with Crippen LogP contribution in [0.25, 0.3) is 72.4 Å². The van der Waals surface area contributed by atoms with Crippen molar-refractivity contribution in [3.8, 4) is 22.3 Å². The Hall–Kier alpha value is -5.86. The van der Waals surface area contributed by atoms with Crippen LogP contribution >= 0.6 is 0 Å². The zero-order valence-corrected chi connectivity index (χ0v) is 28.8. The van der Waals surface area contributed by atoms with Crippen molar-refractivity contribution in [2.75, 3.05) is 0 Å². The first-order valence-electron chi connectivity index (χ1n) is 18.4. The lowest BCUT2D eigenvalue weighted by Crippen LogP contribution is -2.03. The molecule has 3 aliphatic rings. The Kier molecular flexibility index (Phi) is 7.16. The predicted molar refractivity (Wildman–Crippen MR) is 217 cm³/mol. The number of allylic oxidation sites excluding steroid dienone is 3. The molecule has 2 unspecified atom stereocenters. The average Bonchev–Trinajstić information content (AvgIpc) is 3.19. The van der Waals surface area contributed by atoms with Crippen LogP contribution in [0.3, 0.4) is 0 Å². The molecule has 1 aromatic heterocycles. The smallest absolute Gasteiger partial charge is 0.0799 e. The van der Waals surface area contributed by atoms with Gasteiger partial charge in [-0.3, -0.25) is 9.98 Å². The lowest BCUT2D eigenvalue weighted by atomic mass is 9.82. The van der Waals surface area contributed by atoms with Gasteiger partial charge in [0.25, 0.3) is 0 Å². The van der Waals surface area contributed by atoms with Crippen LogP contribution in [0, 0.1) is 0 Å². The highest BCUT2D eigenvalue weighted by Gasteiger charge is 2.21. The summed E-state index contributed by atoms with van der Waals surface area (Å²) >= 11 is 0. The second kappa shape index (κ2) is 12.2. The highest BCUT2D eigenvalue weighted by Crippen LogP contribution is 2.46. The molecule has 1 aliphatic heterocycles. The predicted octanol–water partition coefficient (Wildman–Crippen LogP) is 13.0. The highest BCUT2D eigenvalue weighted by atomic mass is 14.8. The number of hydrogen-bond donors (Lipinski definition) is 0. The first-order chi connectivity index (χ1) is 25.2. The van der Waals surface area contributed by atoms with Gasteiger partial charge >= 0.3 is 0 Å². The lowest BCUT2D eigenvalue weighted by Gasteiger charge is -2.22. The summed E-state index contributed by atoms with van der Waals surface area (Å²) in [7, 11) is 0. The van der Waals surface area contributed by atoms with Gasteiger partial charge in [-0.2, -0.15) is 0 Å². The largest absolute Gasteiger partial charge is 0.284 e. The minimum Gasteiger partial charge on any atom is -0.284 e. The van der Waals surface area contributed by atoms with Crippen molar-refractivity contribution in [2.45, 2.75) is 44.6 Å². The van der Waals surface area contributed by atoms with Crippen LogP contribution in [0.5, 0.6) is 0 Å². The molecule has 0 bridgehead atoms. The molecule has 2 aliphatic carbocycles. The first kappa shape index (κ1) is 30.0. The van der Waals surface area contributed by atoms with Gasteiger partial charge < -0.3 is 0 Å². The Morgan fingerprint density at radius 1 is 0.627 bits per heavy atom. The summed E-state index contributed by atoms with van der Waals surface area (Å²) in [4.78, 5) is 9.81. The molecule has 244 valence electrons. The van der Waals surface area contributed by atoms with Crippen LogP contribution in [0.2, 0.25) is 0 Å². The van der Waals surface area contributed by atoms with E-state index in [1.165, 1.54) is 77.2 Å². The summed E-state index contributed by atoms with van der Waals surface area (Å²) < 4.78 is 0. The Labute approximate surface area is 299 Å². The zero-order valence-electron chi connectivity index (χ0n) is 28.8. The van der Waals surface area contributed by atoms with Crippen molar-refractivity contribution in [2.24, 2.45) is 4.99 Å². The molecule has 7 aromatic rings. The quantitative estimate of drug-likeness (QED) is 0.173. The van der Waals surface area contributed by atoms with Gasteiger partial charge in [0.15, 0.2) is 0 Å². The second-order valence-corrected chi connectivity index (χ2v) is 14.4. The molecule has 0 saturated heterocycles. The van der Waals surface area contributed by atoms with Gasteiger partial charge in [-0.1, -0.05) is 122 Å². The molecule has 2 nitrogen and oxygen atoms in total. The van der Waals surface area contributed by atoms with Gasteiger partial charge in [0, 0.05) is 17.8 Å². The van der Waals surface area contributed by atoms with Gasteiger partial charge in [-0.25, -0.2) is 0 Å². The van der Waals surface area contributed by atoms with E-state index in [0.29, 0.717) is 5.92 Å². The Morgan fingerprint density at radius 2 is 1.39 bits per heavy atom. The molecule has 51 heavy (non-hydrogen) atoms. The first-order valence-corrected chi connectivity index (χ1v) is 18.4. The third kappa shape index (κ3) is 5.17. The molecule has 0 radical (unpaired) electrons. The van der Waals surface area contributed by atoms with Crippen LogP contribution < -0.4 is 0 Å². The van der Waals surface area contributed by atoms with Crippen molar-refractivity contribution in [1.82, 2.24) is 4.98 Å². The van der Waals surface area contributed by atoms with Crippen molar-refractivity contribution in [1.29, 1.82) is 0 Å². The maximum absolute atomic E-state index is 5.09. The van der Waals surface area contributed by atoms with E-state index < -0.39 is 0 Å². The SMILES string of the molecule is CC1CC=Cc2cc(-c3c4ccccc4c(-c4ccc5c(c4)CCC=C5)c4ccc(C5=CCC(c6cnc7ccccc7c6)N=C5)cc34)ccc21. The van der Waals surface area contributed by atoms with E-state index in [1.54, 1.807) is 0 Å². The van der Waals surface area contributed by atoms with Crippen molar-refractivity contribution in [3.05, 3.63) is 167 Å². The summed E-state index contributed by atoms with van der Waals surface area (Å²) in [5.41, 5.74) is 15.3. The minimum absolute atomic E-state index is 0.0715. The molecule has 0 spiro atoms. The number of fused-ring (bicyclic) bond motifs is 5. The average molecular weight is 655 g/mol. The van der Waals surface area contributed by atoms with Gasteiger partial charge in [0.05, 0.1) is 11.6 Å². The Bertz CT molecular complexity index is 2670. The molecular formula is C49H38N2. The third-order valence-electron chi connectivity index (χ3n) is 11.3. The highest BCUT2D eigenvalue weighted by molar-refractivity contribution is 6.22. The number of hydrogen-bond acceptors (Lipinski definition) is 2.